The van der Waals surface area contributed by atoms with E-state index < -0.39 is 0 Å². The van der Waals surface area contributed by atoms with Gasteiger partial charge in [-0.25, -0.2) is 0 Å². The van der Waals surface area contributed by atoms with Crippen LogP contribution in [0.5, 0.6) is 5.75 Å². The van der Waals surface area contributed by atoms with E-state index >= 15 is 0 Å². The van der Waals surface area contributed by atoms with Crippen LogP contribution in [0.2, 0.25) is 5.02 Å². The van der Waals surface area contributed by atoms with Gasteiger partial charge in [-0.1, -0.05) is 11.6 Å². The lowest BCUT2D eigenvalue weighted by atomic mass is 10.0. The SMILES string of the molecule is CCOCC(Cc1cc(Cl)cc2c1OCC2)NC. The van der Waals surface area contributed by atoms with Crippen LogP contribution in [0.4, 0.5) is 0 Å². The van der Waals surface area contributed by atoms with Gasteiger partial charge in [0.1, 0.15) is 5.75 Å². The molecular weight excluding hydrogens is 250 g/mol. The molecule has 0 fully saturated rings. The summed E-state index contributed by atoms with van der Waals surface area (Å²) in [5.74, 6) is 1.02. The Labute approximate surface area is 113 Å². The summed E-state index contributed by atoms with van der Waals surface area (Å²) in [6.07, 6.45) is 1.83. The van der Waals surface area contributed by atoms with Crippen molar-refractivity contribution in [2.45, 2.75) is 25.8 Å². The number of fused-ring (bicyclic) bond motifs is 1. The lowest BCUT2D eigenvalue weighted by Crippen LogP contribution is -2.32. The Hall–Kier alpha value is -0.770. The summed E-state index contributed by atoms with van der Waals surface area (Å²) < 4.78 is 11.2. The Morgan fingerprint density at radius 1 is 1.50 bits per heavy atom. The van der Waals surface area contributed by atoms with Crippen LogP contribution in [0.3, 0.4) is 0 Å². The molecule has 1 unspecified atom stereocenters. The van der Waals surface area contributed by atoms with E-state index in [1.807, 2.05) is 26.1 Å². The van der Waals surface area contributed by atoms with Gasteiger partial charge in [-0.05, 0) is 43.7 Å². The van der Waals surface area contributed by atoms with Gasteiger partial charge in [0.2, 0.25) is 0 Å². The summed E-state index contributed by atoms with van der Waals surface area (Å²) in [5, 5.41) is 4.06. The van der Waals surface area contributed by atoms with Gasteiger partial charge in [-0.2, -0.15) is 0 Å². The molecule has 18 heavy (non-hydrogen) atoms. The van der Waals surface area contributed by atoms with Crippen LogP contribution < -0.4 is 10.1 Å². The zero-order valence-corrected chi connectivity index (χ0v) is 11.7. The Kier molecular flexibility index (Phi) is 4.87. The molecule has 0 aliphatic carbocycles. The van der Waals surface area contributed by atoms with Gasteiger partial charge in [-0.3, -0.25) is 0 Å². The maximum atomic E-state index is 6.15. The monoisotopic (exact) mass is 269 g/mol. The largest absolute Gasteiger partial charge is 0.493 e. The molecule has 0 saturated heterocycles. The Bertz CT molecular complexity index is 409. The lowest BCUT2D eigenvalue weighted by Gasteiger charge is -2.18. The molecule has 0 spiro atoms. The highest BCUT2D eigenvalue weighted by Gasteiger charge is 2.19. The first-order chi connectivity index (χ1) is 8.74. The molecule has 0 amide bonds. The third-order valence-electron chi connectivity index (χ3n) is 3.22. The van der Waals surface area contributed by atoms with E-state index in [9.17, 15) is 0 Å². The van der Waals surface area contributed by atoms with Crippen molar-refractivity contribution in [3.63, 3.8) is 0 Å². The predicted octanol–water partition coefficient (Wildman–Crippen LogP) is 2.44. The van der Waals surface area contributed by atoms with Crippen LogP contribution in [0, 0.1) is 0 Å². The zero-order valence-electron chi connectivity index (χ0n) is 11.0. The normalized spacial score (nSPS) is 15.3. The van der Waals surface area contributed by atoms with Gasteiger partial charge in [-0.15, -0.1) is 0 Å². The molecule has 0 radical (unpaired) electrons. The van der Waals surface area contributed by atoms with Crippen molar-refractivity contribution in [2.24, 2.45) is 0 Å². The summed E-state index contributed by atoms with van der Waals surface area (Å²) in [7, 11) is 1.95. The number of hydrogen-bond donors (Lipinski definition) is 1. The zero-order chi connectivity index (χ0) is 13.0. The summed E-state index contributed by atoms with van der Waals surface area (Å²) in [6, 6.07) is 4.29. The highest BCUT2D eigenvalue weighted by molar-refractivity contribution is 6.30. The minimum Gasteiger partial charge on any atom is -0.493 e. The van der Waals surface area contributed by atoms with Crippen LogP contribution >= 0.6 is 11.6 Å². The van der Waals surface area contributed by atoms with Gasteiger partial charge in [0, 0.05) is 24.1 Å². The quantitative estimate of drug-likeness (QED) is 0.861. The van der Waals surface area contributed by atoms with Crippen LogP contribution in [0.15, 0.2) is 12.1 Å². The van der Waals surface area contributed by atoms with Crippen molar-refractivity contribution in [3.05, 3.63) is 28.3 Å². The number of likely N-dealkylation sites (N-methyl/N-ethyl adjacent to an activating group) is 1. The van der Waals surface area contributed by atoms with E-state index in [-0.39, 0.29) is 6.04 Å². The van der Waals surface area contributed by atoms with Crippen molar-refractivity contribution in [2.75, 3.05) is 26.9 Å². The van der Waals surface area contributed by atoms with Crippen molar-refractivity contribution in [3.8, 4) is 5.75 Å². The molecule has 0 bridgehead atoms. The molecule has 1 aromatic rings. The number of hydrogen-bond acceptors (Lipinski definition) is 3. The molecule has 0 saturated carbocycles. The summed E-state index contributed by atoms with van der Waals surface area (Å²) in [5.41, 5.74) is 2.40. The Morgan fingerprint density at radius 2 is 2.33 bits per heavy atom. The van der Waals surface area contributed by atoms with Crippen molar-refractivity contribution in [1.82, 2.24) is 5.32 Å². The van der Waals surface area contributed by atoms with Crippen LogP contribution in [-0.4, -0.2) is 32.9 Å². The molecule has 2 rings (SSSR count). The number of benzene rings is 1. The molecule has 1 heterocycles. The van der Waals surface area contributed by atoms with Crippen LogP contribution in [0.1, 0.15) is 18.1 Å². The van der Waals surface area contributed by atoms with Crippen molar-refractivity contribution in [1.29, 1.82) is 0 Å². The average Bonchev–Trinajstić information content (AvgIpc) is 2.82. The van der Waals surface area contributed by atoms with Crippen molar-refractivity contribution < 1.29 is 9.47 Å². The molecule has 1 aliphatic heterocycles. The van der Waals surface area contributed by atoms with Crippen molar-refractivity contribution >= 4 is 11.6 Å². The molecule has 1 atom stereocenters. The van der Waals surface area contributed by atoms with Crippen LogP contribution in [-0.2, 0) is 17.6 Å². The fourth-order valence-corrected chi connectivity index (χ4v) is 2.53. The molecular formula is C14H20ClNO2. The molecule has 1 aliphatic rings. The standard InChI is InChI=1S/C14H20ClNO2/c1-3-17-9-13(16-2)8-11-7-12(15)6-10-4-5-18-14(10)11/h6-7,13,16H,3-5,8-9H2,1-2H3. The topological polar surface area (TPSA) is 30.5 Å². The third kappa shape index (κ3) is 3.16. The second kappa shape index (κ2) is 6.41. The van der Waals surface area contributed by atoms with Gasteiger partial charge in [0.25, 0.3) is 0 Å². The van der Waals surface area contributed by atoms with E-state index in [1.54, 1.807) is 0 Å². The highest BCUT2D eigenvalue weighted by atomic mass is 35.5. The first kappa shape index (κ1) is 13.7. The van der Waals surface area contributed by atoms with E-state index in [4.69, 9.17) is 21.1 Å². The second-order valence-corrected chi connectivity index (χ2v) is 4.94. The van der Waals surface area contributed by atoms with Gasteiger partial charge in [0.15, 0.2) is 0 Å². The molecule has 1 N–H and O–H groups in total. The van der Waals surface area contributed by atoms with Gasteiger partial charge in [0.05, 0.1) is 13.2 Å². The first-order valence-corrected chi connectivity index (χ1v) is 6.81. The fraction of sp³-hybridized carbons (Fsp3) is 0.571. The number of halogens is 1. The maximum absolute atomic E-state index is 6.15. The molecule has 100 valence electrons. The summed E-state index contributed by atoms with van der Waals surface area (Å²) >= 11 is 6.15. The third-order valence-corrected chi connectivity index (χ3v) is 3.44. The molecule has 1 aromatic carbocycles. The minimum absolute atomic E-state index is 0.289. The summed E-state index contributed by atoms with van der Waals surface area (Å²) in [4.78, 5) is 0. The Morgan fingerprint density at radius 3 is 3.06 bits per heavy atom. The predicted molar refractivity (Wildman–Crippen MR) is 73.7 cm³/mol. The molecule has 3 nitrogen and oxygen atoms in total. The minimum atomic E-state index is 0.289. The Balaban J connectivity index is 2.12. The lowest BCUT2D eigenvalue weighted by molar-refractivity contribution is 0.125. The van der Waals surface area contributed by atoms with E-state index in [2.05, 4.69) is 5.32 Å². The summed E-state index contributed by atoms with van der Waals surface area (Å²) in [6.45, 7) is 4.21. The van der Waals surface area contributed by atoms with Gasteiger partial charge < -0.3 is 14.8 Å². The van der Waals surface area contributed by atoms with Gasteiger partial charge >= 0.3 is 0 Å². The second-order valence-electron chi connectivity index (χ2n) is 4.50. The highest BCUT2D eigenvalue weighted by Crippen LogP contribution is 2.33. The van der Waals surface area contributed by atoms with E-state index in [0.29, 0.717) is 6.61 Å². The fourth-order valence-electron chi connectivity index (χ4n) is 2.27. The number of nitrogens with one attached hydrogen (secondary N) is 1. The smallest absolute Gasteiger partial charge is 0.125 e. The first-order valence-electron chi connectivity index (χ1n) is 6.43. The number of rotatable bonds is 6. The van der Waals surface area contributed by atoms with E-state index in [1.165, 1.54) is 11.1 Å². The molecule has 4 heteroatoms. The number of ether oxygens (including phenoxy) is 2. The maximum Gasteiger partial charge on any atom is 0.125 e. The molecule has 0 aromatic heterocycles. The van der Waals surface area contributed by atoms with E-state index in [0.717, 1.165) is 36.8 Å². The average molecular weight is 270 g/mol. The van der Waals surface area contributed by atoms with Crippen LogP contribution in [0.25, 0.3) is 0 Å².